The summed E-state index contributed by atoms with van der Waals surface area (Å²) < 4.78 is 0. The van der Waals surface area contributed by atoms with E-state index in [1.165, 1.54) is 52.0 Å². The molecule has 0 heterocycles. The van der Waals surface area contributed by atoms with E-state index in [2.05, 4.69) is 33.2 Å². The van der Waals surface area contributed by atoms with Crippen LogP contribution in [0.3, 0.4) is 0 Å². The first-order valence-electron chi connectivity index (χ1n) is 26.8. The third-order valence-electron chi connectivity index (χ3n) is 13.3. The highest BCUT2D eigenvalue weighted by Gasteiger charge is 2.40. The molecule has 0 aliphatic carbocycles. The maximum atomic E-state index is 14.4. The fraction of sp³-hybridized carbons (Fsp3) is 0.778. The van der Waals surface area contributed by atoms with Gasteiger partial charge in [0.05, 0.1) is 0 Å². The topological polar surface area (TPSA) is 267 Å². The summed E-state index contributed by atoms with van der Waals surface area (Å²) in [5, 5.41) is 22.3. The molecule has 0 bridgehead atoms. The number of urea groups is 1. The number of nitrogens with one attached hydrogen (secondary N) is 5. The number of carbonyl (C=O) groups is 10. The van der Waals surface area contributed by atoms with Crippen LogP contribution in [0, 0.1) is 35.5 Å². The lowest BCUT2D eigenvalue weighted by Gasteiger charge is -2.36. The van der Waals surface area contributed by atoms with Crippen molar-refractivity contribution >= 4 is 59.2 Å². The van der Waals surface area contributed by atoms with Crippen LogP contribution < -0.4 is 26.6 Å². The van der Waals surface area contributed by atoms with Gasteiger partial charge in [-0.2, -0.15) is 0 Å². The highest BCUT2D eigenvalue weighted by Crippen LogP contribution is 2.22. The zero-order chi connectivity index (χ0) is 58.3. The second kappa shape index (κ2) is 33.4. The number of aliphatic hydroxyl groups is 1. The zero-order valence-electron chi connectivity index (χ0n) is 49.0. The van der Waals surface area contributed by atoms with E-state index in [0.717, 1.165) is 27.5 Å². The molecule has 430 valence electrons. The number of rotatable bonds is 32. The maximum absolute atomic E-state index is 14.4. The summed E-state index contributed by atoms with van der Waals surface area (Å²) in [6, 6.07) is -8.41. The van der Waals surface area contributed by atoms with Gasteiger partial charge in [0.1, 0.15) is 48.0 Å². The number of carbonyl (C=O) groups excluding carboxylic acids is 10. The predicted octanol–water partition coefficient (Wildman–Crippen LogP) is 3.64. The van der Waals surface area contributed by atoms with Gasteiger partial charge >= 0.3 is 6.03 Å². The van der Waals surface area contributed by atoms with Gasteiger partial charge in [0.25, 0.3) is 5.91 Å². The van der Waals surface area contributed by atoms with E-state index in [9.17, 15) is 53.1 Å². The first-order valence-corrected chi connectivity index (χ1v) is 26.8. The van der Waals surface area contributed by atoms with Gasteiger partial charge in [0, 0.05) is 55.3 Å². The van der Waals surface area contributed by atoms with Gasteiger partial charge in [0.2, 0.25) is 47.3 Å². The molecule has 1 unspecified atom stereocenters. The number of nitrogens with zero attached hydrogens (tertiary/aromatic N) is 5. The van der Waals surface area contributed by atoms with Crippen molar-refractivity contribution in [1.82, 2.24) is 51.1 Å². The maximum Gasteiger partial charge on any atom is 0.324 e. The van der Waals surface area contributed by atoms with E-state index in [-0.39, 0.29) is 73.5 Å². The fourth-order valence-corrected chi connectivity index (χ4v) is 8.46. The molecule has 0 aliphatic heterocycles. The molecule has 0 saturated carbocycles. The van der Waals surface area contributed by atoms with Crippen molar-refractivity contribution in [3.8, 4) is 0 Å². The minimum absolute atomic E-state index is 0.0169. The number of hydrogen-bond acceptors (Lipinski definition) is 11. The summed E-state index contributed by atoms with van der Waals surface area (Å²) in [6.45, 7) is 27.5. The Hall–Kier alpha value is -5.60. The van der Waals surface area contributed by atoms with Crippen molar-refractivity contribution in [3.63, 3.8) is 0 Å². The summed E-state index contributed by atoms with van der Waals surface area (Å²) in [5.74, 6) is -6.04. The fourth-order valence-electron chi connectivity index (χ4n) is 8.46. The molecule has 21 nitrogen and oxygen atoms in total. The second-order valence-corrected chi connectivity index (χ2v) is 22.3. The monoisotopic (exact) mass is 1060 g/mol. The van der Waals surface area contributed by atoms with E-state index in [1.54, 1.807) is 27.8 Å². The first kappa shape index (κ1) is 69.4. The largest absolute Gasteiger partial charge is 0.396 e. The molecule has 75 heavy (non-hydrogen) atoms. The molecule has 0 aromatic rings. The van der Waals surface area contributed by atoms with Gasteiger partial charge in [-0.25, -0.2) is 4.79 Å². The molecule has 0 saturated heterocycles. The van der Waals surface area contributed by atoms with E-state index < -0.39 is 101 Å². The summed E-state index contributed by atoms with van der Waals surface area (Å²) in [4.78, 5) is 143. The molecular weight excluding hydrogens is 965 g/mol. The highest BCUT2D eigenvalue weighted by molar-refractivity contribution is 6.02. The van der Waals surface area contributed by atoms with Crippen molar-refractivity contribution in [1.29, 1.82) is 0 Å². The van der Waals surface area contributed by atoms with Crippen LogP contribution in [0.15, 0.2) is 12.3 Å². The lowest BCUT2D eigenvalue weighted by Crippen LogP contribution is -2.60. The molecular formula is C54H98N10O11. The number of imide groups is 1. The number of unbranched alkanes of at least 4 members (excludes halogenated alkanes) is 1. The zero-order valence-corrected chi connectivity index (χ0v) is 49.0. The number of likely N-dealkylation sites (N-methyl/N-ethyl adjacent to an activating group) is 6. The van der Waals surface area contributed by atoms with E-state index in [0.29, 0.717) is 19.3 Å². The number of hydrogen-bond donors (Lipinski definition) is 6. The molecule has 0 aliphatic rings. The van der Waals surface area contributed by atoms with Crippen LogP contribution in [-0.4, -0.2) is 180 Å². The molecule has 0 aromatic heterocycles. The number of aliphatic hydroxyl groups excluding tert-OH is 1. The summed E-state index contributed by atoms with van der Waals surface area (Å²) in [7, 11) is 8.58. The Morgan fingerprint density at radius 3 is 1.45 bits per heavy atom. The van der Waals surface area contributed by atoms with Crippen molar-refractivity contribution in [2.45, 2.75) is 190 Å². The average molecular weight is 1060 g/mol. The van der Waals surface area contributed by atoms with Crippen LogP contribution in [0.1, 0.15) is 148 Å². The third-order valence-corrected chi connectivity index (χ3v) is 13.3. The molecule has 0 spiro atoms. The summed E-state index contributed by atoms with van der Waals surface area (Å²) >= 11 is 0. The molecule has 8 atom stereocenters. The first-order chi connectivity index (χ1) is 34.7. The van der Waals surface area contributed by atoms with Gasteiger partial charge in [0.15, 0.2) is 0 Å². The lowest BCUT2D eigenvalue weighted by atomic mass is 9.94. The molecule has 21 heteroatoms. The van der Waals surface area contributed by atoms with Gasteiger partial charge < -0.3 is 50.9 Å². The van der Waals surface area contributed by atoms with Crippen LogP contribution in [-0.2, 0) is 43.2 Å². The summed E-state index contributed by atoms with van der Waals surface area (Å²) in [6.07, 6.45) is 3.41. The molecule has 0 rings (SSSR count). The third kappa shape index (κ3) is 22.6. The van der Waals surface area contributed by atoms with Crippen LogP contribution in [0.4, 0.5) is 4.79 Å². The highest BCUT2D eigenvalue weighted by atomic mass is 16.3. The normalized spacial score (nSPS) is 14.6. The van der Waals surface area contributed by atoms with Gasteiger partial charge in [-0.05, 0) is 81.0 Å². The Morgan fingerprint density at radius 2 is 1.00 bits per heavy atom. The number of amides is 11. The van der Waals surface area contributed by atoms with Crippen molar-refractivity contribution < 1.29 is 53.1 Å². The van der Waals surface area contributed by atoms with Gasteiger partial charge in [-0.1, -0.05) is 103 Å². The SMILES string of the molecule is C=C(C(=O)N(C)[C@@H](CC(C)C)C(=O)N[C@H](C(=O)N(C)[C@@H](CC(C)C)C(=O)N[C@H](C)C(=O)NC(=O)N(C)[C@@H](CC(C)C)C(=O)NC)C(C)C)N(C)C(=O)[C@H](CC)NC(=O)C(C[C@H](C)CCCCO)N(C)C(=O)CC(C)C. The molecule has 0 aromatic carbocycles. The smallest absolute Gasteiger partial charge is 0.324 e. The van der Waals surface area contributed by atoms with Gasteiger partial charge in [-0.15, -0.1) is 0 Å². The van der Waals surface area contributed by atoms with E-state index in [4.69, 9.17) is 0 Å². The van der Waals surface area contributed by atoms with Crippen molar-refractivity contribution in [3.05, 3.63) is 12.3 Å². The quantitative estimate of drug-likeness (QED) is 0.0419. The Balaban J connectivity index is 6.48. The Labute approximate surface area is 448 Å². The Morgan fingerprint density at radius 1 is 0.533 bits per heavy atom. The molecule has 6 N–H and O–H groups in total. The Bertz CT molecular complexity index is 1940. The van der Waals surface area contributed by atoms with Crippen molar-refractivity contribution in [2.24, 2.45) is 35.5 Å². The minimum Gasteiger partial charge on any atom is -0.396 e. The van der Waals surface area contributed by atoms with Crippen LogP contribution in [0.2, 0.25) is 0 Å². The van der Waals surface area contributed by atoms with Crippen LogP contribution in [0.5, 0.6) is 0 Å². The minimum atomic E-state index is -1.24. The average Bonchev–Trinajstić information content (AvgIpc) is 3.33. The molecule has 0 fully saturated rings. The van der Waals surface area contributed by atoms with Crippen LogP contribution in [0.25, 0.3) is 0 Å². The van der Waals surface area contributed by atoms with Crippen molar-refractivity contribution in [2.75, 3.05) is 48.9 Å². The van der Waals surface area contributed by atoms with E-state index in [1.807, 2.05) is 62.3 Å². The predicted molar refractivity (Wildman–Crippen MR) is 290 cm³/mol. The standard InChI is InChI=1S/C54H98N10O11/c1-21-39(57-49(70)43(30-36(12)24-22-23-25-65)61(17)44(66)29-34(8)9)52(73)60(16)38(14)51(72)62(18)42(28-33(6)7)50(71)58-45(35(10)11)53(74)63(19)41(27-32(4)5)48(69)56-37(13)46(67)59-54(75)64(20)40(26-31(2)3)47(68)55-15/h31-37,39-43,45,65H,14,21-30H2,1-13,15-20H3,(H,55,68)(H,56,69)(H,57,70)(H,58,71)(H,59,67,75)/t36-,37-,39+,40+,41+,42+,43?,45+/m1/s1. The Kier molecular flexibility index (Phi) is 30.9. The summed E-state index contributed by atoms with van der Waals surface area (Å²) in [5.41, 5.74) is -0.285. The second-order valence-electron chi connectivity index (χ2n) is 22.3. The van der Waals surface area contributed by atoms with Crippen LogP contribution >= 0.6 is 0 Å². The molecule has 0 radical (unpaired) electrons. The molecule has 11 amide bonds. The van der Waals surface area contributed by atoms with E-state index >= 15 is 0 Å². The lowest BCUT2D eigenvalue weighted by molar-refractivity contribution is -0.145. The van der Waals surface area contributed by atoms with Gasteiger partial charge in [-0.3, -0.25) is 48.5 Å².